The van der Waals surface area contributed by atoms with Crippen molar-refractivity contribution in [2.45, 2.75) is 43.2 Å². The molecule has 1 saturated heterocycles. The van der Waals surface area contributed by atoms with E-state index in [0.29, 0.717) is 10.8 Å². The second-order valence-electron chi connectivity index (χ2n) is 6.27. The Morgan fingerprint density at radius 3 is 2.43 bits per heavy atom. The van der Waals surface area contributed by atoms with Crippen molar-refractivity contribution in [3.63, 3.8) is 0 Å². The van der Waals surface area contributed by atoms with Gasteiger partial charge in [0.05, 0.1) is 4.90 Å². The highest BCUT2D eigenvalue weighted by molar-refractivity contribution is 7.89. The van der Waals surface area contributed by atoms with E-state index in [1.165, 1.54) is 0 Å². The maximum atomic E-state index is 12.1. The molecule has 0 aromatic heterocycles. The zero-order valence-electron chi connectivity index (χ0n) is 12.3. The molecule has 116 valence electrons. The third-order valence-electron chi connectivity index (χ3n) is 4.43. The standard InChI is InChI=1S/C15H23N3O2S/c1-11-8-9-18(10-15(11)16)13-4-6-14(7-5-13)21(19,20)17-12-2-3-12/h4-7,11-12,15,17H,2-3,8-10,16H2,1H3. The van der Waals surface area contributed by atoms with Gasteiger partial charge in [-0.2, -0.15) is 0 Å². The third-order valence-corrected chi connectivity index (χ3v) is 5.96. The molecule has 1 heterocycles. The number of nitrogens with zero attached hydrogens (tertiary/aromatic N) is 1. The molecule has 1 aliphatic heterocycles. The predicted molar refractivity (Wildman–Crippen MR) is 83.8 cm³/mol. The van der Waals surface area contributed by atoms with Crippen LogP contribution >= 0.6 is 0 Å². The largest absolute Gasteiger partial charge is 0.370 e. The molecule has 21 heavy (non-hydrogen) atoms. The van der Waals surface area contributed by atoms with Crippen LogP contribution in [0.25, 0.3) is 0 Å². The van der Waals surface area contributed by atoms with Crippen LogP contribution in [0.5, 0.6) is 0 Å². The van der Waals surface area contributed by atoms with Gasteiger partial charge in [-0.05, 0) is 49.4 Å². The molecule has 1 aromatic rings. The van der Waals surface area contributed by atoms with E-state index in [9.17, 15) is 8.42 Å². The summed E-state index contributed by atoms with van der Waals surface area (Å²) in [5, 5.41) is 0. The number of nitrogens with two attached hydrogens (primary N) is 1. The number of piperidine rings is 1. The van der Waals surface area contributed by atoms with Crippen LogP contribution in [0.3, 0.4) is 0 Å². The predicted octanol–water partition coefficient (Wildman–Crippen LogP) is 1.30. The highest BCUT2D eigenvalue weighted by atomic mass is 32.2. The van der Waals surface area contributed by atoms with Crippen molar-refractivity contribution >= 4 is 15.7 Å². The summed E-state index contributed by atoms with van der Waals surface area (Å²) in [5.41, 5.74) is 7.16. The fourth-order valence-electron chi connectivity index (χ4n) is 2.66. The number of anilines is 1. The van der Waals surface area contributed by atoms with Gasteiger partial charge in [-0.1, -0.05) is 6.92 Å². The first-order valence-corrected chi connectivity index (χ1v) is 9.07. The van der Waals surface area contributed by atoms with E-state index in [0.717, 1.165) is 38.0 Å². The Morgan fingerprint density at radius 2 is 1.86 bits per heavy atom. The van der Waals surface area contributed by atoms with Crippen LogP contribution in [0.1, 0.15) is 26.2 Å². The summed E-state index contributed by atoms with van der Waals surface area (Å²) >= 11 is 0. The summed E-state index contributed by atoms with van der Waals surface area (Å²) in [4.78, 5) is 2.57. The summed E-state index contributed by atoms with van der Waals surface area (Å²) in [5.74, 6) is 0.545. The Kier molecular flexibility index (Phi) is 3.94. The zero-order chi connectivity index (χ0) is 15.0. The van der Waals surface area contributed by atoms with Crippen LogP contribution in [0.4, 0.5) is 5.69 Å². The lowest BCUT2D eigenvalue weighted by molar-refractivity contribution is 0.379. The molecule has 3 N–H and O–H groups in total. The SMILES string of the molecule is CC1CCN(c2ccc(S(=O)(=O)NC3CC3)cc2)CC1N. The van der Waals surface area contributed by atoms with E-state index < -0.39 is 10.0 Å². The second-order valence-corrected chi connectivity index (χ2v) is 7.98. The molecule has 0 spiro atoms. The Hall–Kier alpha value is -1.11. The fourth-order valence-corrected chi connectivity index (χ4v) is 3.96. The number of hydrogen-bond donors (Lipinski definition) is 2. The van der Waals surface area contributed by atoms with Crippen molar-refractivity contribution in [2.75, 3.05) is 18.0 Å². The molecule has 1 aromatic carbocycles. The minimum absolute atomic E-state index is 0.135. The van der Waals surface area contributed by atoms with Crippen molar-refractivity contribution in [3.8, 4) is 0 Å². The number of sulfonamides is 1. The van der Waals surface area contributed by atoms with Gasteiger partial charge in [0.25, 0.3) is 0 Å². The minimum Gasteiger partial charge on any atom is -0.370 e. The molecule has 5 nitrogen and oxygen atoms in total. The summed E-state index contributed by atoms with van der Waals surface area (Å²) in [7, 11) is -3.36. The molecular formula is C15H23N3O2S. The molecular weight excluding hydrogens is 286 g/mol. The number of hydrogen-bond acceptors (Lipinski definition) is 4. The Balaban J connectivity index is 1.72. The van der Waals surface area contributed by atoms with Crippen LogP contribution in [0, 0.1) is 5.92 Å². The van der Waals surface area contributed by atoms with Crippen molar-refractivity contribution in [1.82, 2.24) is 4.72 Å². The Labute approximate surface area is 126 Å². The molecule has 2 fully saturated rings. The average Bonchev–Trinajstić information content (AvgIpc) is 3.25. The van der Waals surface area contributed by atoms with Crippen LogP contribution in [0.15, 0.2) is 29.2 Å². The fraction of sp³-hybridized carbons (Fsp3) is 0.600. The Bertz CT molecular complexity index is 596. The number of rotatable bonds is 4. The van der Waals surface area contributed by atoms with Gasteiger partial charge < -0.3 is 10.6 Å². The van der Waals surface area contributed by atoms with Gasteiger partial charge in [0.1, 0.15) is 0 Å². The highest BCUT2D eigenvalue weighted by Gasteiger charge is 2.28. The average molecular weight is 309 g/mol. The molecule has 0 bridgehead atoms. The topological polar surface area (TPSA) is 75.4 Å². The molecule has 1 aliphatic carbocycles. The van der Waals surface area contributed by atoms with Crippen molar-refractivity contribution in [2.24, 2.45) is 11.7 Å². The summed E-state index contributed by atoms with van der Waals surface area (Å²) in [6.07, 6.45) is 2.97. The van der Waals surface area contributed by atoms with Crippen LogP contribution in [-0.2, 0) is 10.0 Å². The van der Waals surface area contributed by atoms with Gasteiger partial charge in [-0.15, -0.1) is 0 Å². The molecule has 3 rings (SSSR count). The normalized spacial score (nSPS) is 26.9. The molecule has 0 radical (unpaired) electrons. The lowest BCUT2D eigenvalue weighted by Gasteiger charge is -2.36. The molecule has 2 atom stereocenters. The molecule has 2 unspecified atom stereocenters. The maximum absolute atomic E-state index is 12.1. The summed E-state index contributed by atoms with van der Waals surface area (Å²) < 4.78 is 26.9. The van der Waals surface area contributed by atoms with Gasteiger partial charge in [-0.25, -0.2) is 13.1 Å². The highest BCUT2D eigenvalue weighted by Crippen LogP contribution is 2.25. The second kappa shape index (κ2) is 5.59. The van der Waals surface area contributed by atoms with Gasteiger partial charge >= 0.3 is 0 Å². The van der Waals surface area contributed by atoms with Crippen LogP contribution < -0.4 is 15.4 Å². The van der Waals surface area contributed by atoms with Gasteiger partial charge in [-0.3, -0.25) is 0 Å². The van der Waals surface area contributed by atoms with Gasteiger partial charge in [0, 0.05) is 30.9 Å². The zero-order valence-corrected chi connectivity index (χ0v) is 13.1. The lowest BCUT2D eigenvalue weighted by Crippen LogP contribution is -2.47. The van der Waals surface area contributed by atoms with E-state index in [4.69, 9.17) is 5.73 Å². The summed E-state index contributed by atoms with van der Waals surface area (Å²) in [6.45, 7) is 3.98. The van der Waals surface area contributed by atoms with Gasteiger partial charge in [0.2, 0.25) is 10.0 Å². The molecule has 1 saturated carbocycles. The molecule has 2 aliphatic rings. The van der Waals surface area contributed by atoms with Crippen LogP contribution in [0.2, 0.25) is 0 Å². The maximum Gasteiger partial charge on any atom is 0.240 e. The molecule has 0 amide bonds. The summed E-state index contributed by atoms with van der Waals surface area (Å²) in [6, 6.07) is 7.44. The smallest absolute Gasteiger partial charge is 0.240 e. The third kappa shape index (κ3) is 3.39. The van der Waals surface area contributed by atoms with E-state index in [1.54, 1.807) is 12.1 Å². The van der Waals surface area contributed by atoms with Crippen LogP contribution in [-0.4, -0.2) is 33.6 Å². The van der Waals surface area contributed by atoms with E-state index in [1.807, 2.05) is 12.1 Å². The quantitative estimate of drug-likeness (QED) is 0.879. The van der Waals surface area contributed by atoms with Gasteiger partial charge in [0.15, 0.2) is 0 Å². The van der Waals surface area contributed by atoms with E-state index >= 15 is 0 Å². The van der Waals surface area contributed by atoms with E-state index in [-0.39, 0.29) is 12.1 Å². The number of nitrogens with one attached hydrogen (secondary N) is 1. The monoisotopic (exact) mass is 309 g/mol. The first kappa shape index (κ1) is 14.8. The first-order valence-electron chi connectivity index (χ1n) is 7.58. The lowest BCUT2D eigenvalue weighted by atomic mass is 9.94. The first-order chi connectivity index (χ1) is 9.95. The van der Waals surface area contributed by atoms with E-state index in [2.05, 4.69) is 16.5 Å². The number of benzene rings is 1. The van der Waals surface area contributed by atoms with Crippen molar-refractivity contribution in [3.05, 3.63) is 24.3 Å². The minimum atomic E-state index is -3.36. The Morgan fingerprint density at radius 1 is 1.19 bits per heavy atom. The molecule has 6 heteroatoms. The van der Waals surface area contributed by atoms with Crippen molar-refractivity contribution < 1.29 is 8.42 Å². The van der Waals surface area contributed by atoms with Crippen molar-refractivity contribution in [1.29, 1.82) is 0 Å².